The van der Waals surface area contributed by atoms with Gasteiger partial charge in [-0.2, -0.15) is 0 Å². The summed E-state index contributed by atoms with van der Waals surface area (Å²) in [5.74, 6) is 0.708. The first-order chi connectivity index (χ1) is 8.31. The van der Waals surface area contributed by atoms with Gasteiger partial charge in [-0.15, -0.1) is 11.3 Å². The number of hydrogen-bond donors (Lipinski definition) is 1. The van der Waals surface area contributed by atoms with Crippen LogP contribution in [0.5, 0.6) is 0 Å². The molecule has 2 heteroatoms. The molecule has 1 nitrogen and oxygen atoms in total. The number of hydrogen-bond acceptors (Lipinski definition) is 2. The Bertz CT molecular complexity index is 461. The van der Waals surface area contributed by atoms with Crippen LogP contribution < -0.4 is 5.32 Å². The minimum absolute atomic E-state index is 0.708. The number of fused-ring (bicyclic) bond motifs is 1. The molecule has 0 aliphatic carbocycles. The highest BCUT2D eigenvalue weighted by Gasteiger charge is 2.07. The molecule has 0 fully saturated rings. The Balaban J connectivity index is 1.98. The van der Waals surface area contributed by atoms with Gasteiger partial charge >= 0.3 is 0 Å². The lowest BCUT2D eigenvalue weighted by molar-refractivity contribution is 0.512. The maximum Gasteiger partial charge on any atom is 0.0345 e. The molecule has 1 heterocycles. The van der Waals surface area contributed by atoms with E-state index >= 15 is 0 Å². The van der Waals surface area contributed by atoms with Crippen LogP contribution in [0.15, 0.2) is 29.6 Å². The Morgan fingerprint density at radius 3 is 2.94 bits per heavy atom. The SMILES string of the molecule is CCCNCC(C)Cc1csc2ccccc12. The zero-order chi connectivity index (χ0) is 12.1. The molecule has 1 aromatic carbocycles. The summed E-state index contributed by atoms with van der Waals surface area (Å²) >= 11 is 1.86. The second-order valence-corrected chi connectivity index (χ2v) is 5.68. The van der Waals surface area contributed by atoms with Crippen LogP contribution in [0.2, 0.25) is 0 Å². The van der Waals surface area contributed by atoms with Crippen molar-refractivity contribution in [2.75, 3.05) is 13.1 Å². The van der Waals surface area contributed by atoms with Crippen LogP contribution in [-0.4, -0.2) is 13.1 Å². The molecule has 0 amide bonds. The molecule has 2 aromatic rings. The van der Waals surface area contributed by atoms with E-state index in [1.54, 1.807) is 0 Å². The van der Waals surface area contributed by atoms with Crippen molar-refractivity contribution in [1.82, 2.24) is 5.32 Å². The van der Waals surface area contributed by atoms with E-state index in [1.165, 1.54) is 28.5 Å². The lowest BCUT2D eigenvalue weighted by Gasteiger charge is -2.11. The molecule has 0 bridgehead atoms. The monoisotopic (exact) mass is 247 g/mol. The molecule has 1 N–H and O–H groups in total. The highest BCUT2D eigenvalue weighted by Crippen LogP contribution is 2.27. The molecule has 0 aliphatic rings. The molecule has 0 radical (unpaired) electrons. The van der Waals surface area contributed by atoms with Gasteiger partial charge < -0.3 is 5.32 Å². The van der Waals surface area contributed by atoms with E-state index in [4.69, 9.17) is 0 Å². The molecular formula is C15H21NS. The summed E-state index contributed by atoms with van der Waals surface area (Å²) in [5.41, 5.74) is 1.51. The van der Waals surface area contributed by atoms with Crippen molar-refractivity contribution in [2.45, 2.75) is 26.7 Å². The molecule has 0 saturated heterocycles. The second-order valence-electron chi connectivity index (χ2n) is 4.77. The molecule has 92 valence electrons. The third-order valence-electron chi connectivity index (χ3n) is 3.05. The first kappa shape index (κ1) is 12.6. The van der Waals surface area contributed by atoms with Crippen molar-refractivity contribution in [3.63, 3.8) is 0 Å². The lowest BCUT2D eigenvalue weighted by Crippen LogP contribution is -2.22. The predicted octanol–water partition coefficient (Wildman–Crippen LogP) is 4.08. The number of thiophene rings is 1. The van der Waals surface area contributed by atoms with Crippen LogP contribution in [0.3, 0.4) is 0 Å². The summed E-state index contributed by atoms with van der Waals surface area (Å²) < 4.78 is 1.41. The minimum Gasteiger partial charge on any atom is -0.316 e. The van der Waals surface area contributed by atoms with Crippen LogP contribution in [0.4, 0.5) is 0 Å². The van der Waals surface area contributed by atoms with Gasteiger partial charge in [0.25, 0.3) is 0 Å². The maximum atomic E-state index is 3.50. The van der Waals surface area contributed by atoms with Gasteiger partial charge in [0, 0.05) is 4.70 Å². The summed E-state index contributed by atoms with van der Waals surface area (Å²) in [7, 11) is 0. The standard InChI is InChI=1S/C15H21NS/c1-3-8-16-10-12(2)9-13-11-17-15-7-5-4-6-14(13)15/h4-7,11-12,16H,3,8-10H2,1-2H3. The predicted molar refractivity (Wildman–Crippen MR) is 77.9 cm³/mol. The van der Waals surface area contributed by atoms with Gasteiger partial charge in [0.2, 0.25) is 0 Å². The maximum absolute atomic E-state index is 3.50. The number of rotatable bonds is 6. The summed E-state index contributed by atoms with van der Waals surface area (Å²) in [6.45, 7) is 6.80. The van der Waals surface area contributed by atoms with E-state index in [2.05, 4.69) is 48.8 Å². The van der Waals surface area contributed by atoms with E-state index in [-0.39, 0.29) is 0 Å². The normalized spacial score (nSPS) is 13.1. The van der Waals surface area contributed by atoms with Crippen molar-refractivity contribution >= 4 is 21.4 Å². The average molecular weight is 247 g/mol. The quantitative estimate of drug-likeness (QED) is 0.758. The summed E-state index contributed by atoms with van der Waals surface area (Å²) in [4.78, 5) is 0. The van der Waals surface area contributed by atoms with Crippen LogP contribution in [0.25, 0.3) is 10.1 Å². The van der Waals surface area contributed by atoms with Gasteiger partial charge in [-0.25, -0.2) is 0 Å². The van der Waals surface area contributed by atoms with Gasteiger partial charge in [0.1, 0.15) is 0 Å². The van der Waals surface area contributed by atoms with E-state index in [0.29, 0.717) is 5.92 Å². The van der Waals surface area contributed by atoms with Gasteiger partial charge in [0.15, 0.2) is 0 Å². The van der Waals surface area contributed by atoms with Crippen molar-refractivity contribution in [3.05, 3.63) is 35.2 Å². The van der Waals surface area contributed by atoms with E-state index in [9.17, 15) is 0 Å². The van der Waals surface area contributed by atoms with Crippen molar-refractivity contribution < 1.29 is 0 Å². The van der Waals surface area contributed by atoms with Gasteiger partial charge in [-0.1, -0.05) is 32.0 Å². The summed E-state index contributed by atoms with van der Waals surface area (Å²) in [6, 6.07) is 8.71. The molecule has 2 rings (SSSR count). The molecule has 1 aromatic heterocycles. The summed E-state index contributed by atoms with van der Waals surface area (Å²) in [5, 5.41) is 7.26. The fourth-order valence-corrected chi connectivity index (χ4v) is 3.14. The number of nitrogens with one attached hydrogen (secondary N) is 1. The summed E-state index contributed by atoms with van der Waals surface area (Å²) in [6.07, 6.45) is 2.40. The van der Waals surface area contributed by atoms with Gasteiger partial charge in [0.05, 0.1) is 0 Å². The Labute approximate surface area is 108 Å². The largest absolute Gasteiger partial charge is 0.316 e. The molecule has 1 unspecified atom stereocenters. The molecular weight excluding hydrogens is 226 g/mol. The lowest BCUT2D eigenvalue weighted by atomic mass is 10.0. The highest BCUT2D eigenvalue weighted by atomic mass is 32.1. The highest BCUT2D eigenvalue weighted by molar-refractivity contribution is 7.17. The third kappa shape index (κ3) is 3.30. The first-order valence-corrected chi connectivity index (χ1v) is 7.35. The zero-order valence-corrected chi connectivity index (χ0v) is 11.5. The van der Waals surface area contributed by atoms with E-state index < -0.39 is 0 Å². The molecule has 17 heavy (non-hydrogen) atoms. The topological polar surface area (TPSA) is 12.0 Å². The van der Waals surface area contributed by atoms with Crippen LogP contribution in [0, 0.1) is 5.92 Å². The van der Waals surface area contributed by atoms with Gasteiger partial charge in [-0.05, 0) is 54.2 Å². The second kappa shape index (κ2) is 6.18. The fourth-order valence-electron chi connectivity index (χ4n) is 2.16. The smallest absolute Gasteiger partial charge is 0.0345 e. The van der Waals surface area contributed by atoms with Crippen LogP contribution in [0.1, 0.15) is 25.8 Å². The zero-order valence-electron chi connectivity index (χ0n) is 10.7. The Morgan fingerprint density at radius 1 is 1.29 bits per heavy atom. The van der Waals surface area contributed by atoms with Gasteiger partial charge in [-0.3, -0.25) is 0 Å². The molecule has 1 atom stereocenters. The van der Waals surface area contributed by atoms with Crippen molar-refractivity contribution in [2.24, 2.45) is 5.92 Å². The fraction of sp³-hybridized carbons (Fsp3) is 0.467. The van der Waals surface area contributed by atoms with E-state index in [0.717, 1.165) is 13.1 Å². The van der Waals surface area contributed by atoms with E-state index in [1.807, 2.05) is 11.3 Å². The molecule has 0 aliphatic heterocycles. The Kier molecular flexibility index (Phi) is 4.57. The molecule has 0 spiro atoms. The molecule has 0 saturated carbocycles. The third-order valence-corrected chi connectivity index (χ3v) is 4.06. The van der Waals surface area contributed by atoms with Crippen LogP contribution in [-0.2, 0) is 6.42 Å². The van der Waals surface area contributed by atoms with Crippen molar-refractivity contribution in [3.8, 4) is 0 Å². The average Bonchev–Trinajstić information content (AvgIpc) is 2.73. The minimum atomic E-state index is 0.708. The number of benzene rings is 1. The Hall–Kier alpha value is -0.860. The first-order valence-electron chi connectivity index (χ1n) is 6.47. The van der Waals surface area contributed by atoms with Crippen LogP contribution >= 0.6 is 11.3 Å². The Morgan fingerprint density at radius 2 is 2.12 bits per heavy atom. The van der Waals surface area contributed by atoms with Crippen molar-refractivity contribution in [1.29, 1.82) is 0 Å².